The zero-order valence-electron chi connectivity index (χ0n) is 8.36. The Bertz CT molecular complexity index is 202. The lowest BCUT2D eigenvalue weighted by molar-refractivity contribution is -0.130. The molecule has 0 aromatic rings. The van der Waals surface area contributed by atoms with E-state index in [1.54, 1.807) is 6.92 Å². The van der Waals surface area contributed by atoms with Crippen LogP contribution < -0.4 is 16.9 Å². The Morgan fingerprint density at radius 1 is 1.57 bits per heavy atom. The van der Waals surface area contributed by atoms with Gasteiger partial charge < -0.3 is 11.5 Å². The maximum atomic E-state index is 10.8. The summed E-state index contributed by atoms with van der Waals surface area (Å²) in [5, 5.41) is 8.26. The highest BCUT2D eigenvalue weighted by atomic mass is 16.5. The fourth-order valence-corrected chi connectivity index (χ4v) is 0.945. The Morgan fingerprint density at radius 3 is 2.71 bits per heavy atom. The molecule has 6 heteroatoms. The van der Waals surface area contributed by atoms with Crippen molar-refractivity contribution in [1.29, 1.82) is 0 Å². The number of carbonyl (C=O) groups is 1. The van der Waals surface area contributed by atoms with Gasteiger partial charge in [-0.05, 0) is 26.2 Å². The molecule has 0 aliphatic carbocycles. The average Bonchev–Trinajstić information content (AvgIpc) is 2.15. The molecule has 0 radical (unpaired) electrons. The highest BCUT2D eigenvalue weighted by Crippen LogP contribution is 1.99. The minimum absolute atomic E-state index is 0.533. The van der Waals surface area contributed by atoms with Crippen LogP contribution in [0.1, 0.15) is 26.2 Å². The topological polar surface area (TPSA) is 114 Å². The molecule has 0 bridgehead atoms. The van der Waals surface area contributed by atoms with Crippen molar-refractivity contribution in [2.24, 2.45) is 16.5 Å². The van der Waals surface area contributed by atoms with Gasteiger partial charge in [-0.3, -0.25) is 15.0 Å². The summed E-state index contributed by atoms with van der Waals surface area (Å²) in [5.74, 6) is 0.00547. The van der Waals surface area contributed by atoms with Gasteiger partial charge in [0.2, 0.25) is 0 Å². The Kier molecular flexibility index (Phi) is 6.69. The number of amides is 1. The fraction of sp³-hybridized carbons (Fsp3) is 0.750. The molecule has 1 amide bonds. The minimum Gasteiger partial charge on any atom is -0.388 e. The molecule has 6 nitrogen and oxygen atoms in total. The maximum Gasteiger partial charge on any atom is 0.260 e. The Morgan fingerprint density at radius 2 is 2.21 bits per heavy atom. The number of rotatable bonds is 6. The number of unbranched alkanes of at least 4 members (excludes halogenated alkanes) is 1. The van der Waals surface area contributed by atoms with Crippen LogP contribution in [-0.4, -0.2) is 29.5 Å². The summed E-state index contributed by atoms with van der Waals surface area (Å²) in [6.45, 7) is 2.38. The molecule has 0 aliphatic rings. The fourth-order valence-electron chi connectivity index (χ4n) is 0.945. The summed E-state index contributed by atoms with van der Waals surface area (Å²) in [7, 11) is 0. The molecule has 0 heterocycles. The molecular formula is C8H18N4O2. The van der Waals surface area contributed by atoms with Crippen LogP contribution in [0.15, 0.2) is 4.99 Å². The van der Waals surface area contributed by atoms with Gasteiger partial charge in [0.1, 0.15) is 0 Å². The van der Waals surface area contributed by atoms with Crippen molar-refractivity contribution in [3.63, 3.8) is 0 Å². The van der Waals surface area contributed by atoms with Crippen LogP contribution >= 0.6 is 0 Å². The lowest BCUT2D eigenvalue weighted by Gasteiger charge is -2.07. The molecular weight excluding hydrogens is 184 g/mol. The van der Waals surface area contributed by atoms with Gasteiger partial charge >= 0.3 is 0 Å². The van der Waals surface area contributed by atoms with Crippen LogP contribution in [0.2, 0.25) is 0 Å². The first-order chi connectivity index (χ1) is 6.57. The molecule has 0 rings (SSSR count). The minimum atomic E-state index is -0.650. The molecule has 82 valence electrons. The first kappa shape index (κ1) is 12.9. The van der Waals surface area contributed by atoms with Crippen LogP contribution in [0.5, 0.6) is 0 Å². The lowest BCUT2D eigenvalue weighted by atomic mass is 10.1. The van der Waals surface area contributed by atoms with Gasteiger partial charge in [-0.25, -0.2) is 5.48 Å². The van der Waals surface area contributed by atoms with Gasteiger partial charge in [-0.2, -0.15) is 0 Å². The number of carbonyl (C=O) groups excluding carboxylic acids is 1. The van der Waals surface area contributed by atoms with Crippen molar-refractivity contribution in [2.45, 2.75) is 32.2 Å². The molecule has 0 aromatic heterocycles. The number of aliphatic imine (C=N–C) groups is 1. The normalized spacial score (nSPS) is 13.8. The van der Waals surface area contributed by atoms with Gasteiger partial charge in [0.15, 0.2) is 0 Å². The van der Waals surface area contributed by atoms with Gasteiger partial charge in [0.25, 0.3) is 5.91 Å². The van der Waals surface area contributed by atoms with Gasteiger partial charge in [-0.15, -0.1) is 0 Å². The first-order valence-electron chi connectivity index (χ1n) is 4.54. The SMILES string of the molecule is CC(N)=NCCCCC(N)C(=O)NO. The molecule has 0 spiro atoms. The van der Waals surface area contributed by atoms with Gasteiger partial charge in [-0.1, -0.05) is 0 Å². The second-order valence-corrected chi connectivity index (χ2v) is 3.10. The third kappa shape index (κ3) is 6.38. The molecule has 1 atom stereocenters. The van der Waals surface area contributed by atoms with E-state index in [1.165, 1.54) is 5.48 Å². The molecule has 0 saturated carbocycles. The van der Waals surface area contributed by atoms with Crippen molar-refractivity contribution in [3.8, 4) is 0 Å². The predicted octanol–water partition coefficient (Wildman–Crippen LogP) is -0.633. The third-order valence-corrected chi connectivity index (χ3v) is 1.73. The summed E-state index contributed by atoms with van der Waals surface area (Å²) < 4.78 is 0. The quantitative estimate of drug-likeness (QED) is 0.151. The van der Waals surface area contributed by atoms with Crippen LogP contribution in [-0.2, 0) is 4.79 Å². The van der Waals surface area contributed by atoms with Crippen LogP contribution in [0, 0.1) is 0 Å². The largest absolute Gasteiger partial charge is 0.388 e. The monoisotopic (exact) mass is 202 g/mol. The number of nitrogens with zero attached hydrogens (tertiary/aromatic N) is 1. The van der Waals surface area contributed by atoms with E-state index in [0.717, 1.165) is 12.8 Å². The van der Waals surface area contributed by atoms with E-state index in [9.17, 15) is 4.79 Å². The second-order valence-electron chi connectivity index (χ2n) is 3.10. The van der Waals surface area contributed by atoms with Crippen molar-refractivity contribution >= 4 is 11.7 Å². The van der Waals surface area contributed by atoms with E-state index < -0.39 is 11.9 Å². The summed E-state index contributed by atoms with van der Waals surface area (Å²) in [4.78, 5) is 14.7. The number of nitrogens with one attached hydrogen (secondary N) is 1. The predicted molar refractivity (Wildman–Crippen MR) is 53.9 cm³/mol. The third-order valence-electron chi connectivity index (χ3n) is 1.73. The summed E-state index contributed by atoms with van der Waals surface area (Å²) >= 11 is 0. The Labute approximate surface area is 83.3 Å². The smallest absolute Gasteiger partial charge is 0.260 e. The van der Waals surface area contributed by atoms with Crippen molar-refractivity contribution in [1.82, 2.24) is 5.48 Å². The standard InChI is InChI=1S/C8H18N4O2/c1-6(9)11-5-3-2-4-7(10)8(13)12-14/h7,14H,2-5,10H2,1H3,(H2,9,11)(H,12,13). The van der Waals surface area contributed by atoms with E-state index in [-0.39, 0.29) is 0 Å². The summed E-state index contributed by atoms with van der Waals surface area (Å²) in [5.41, 5.74) is 12.3. The van der Waals surface area contributed by atoms with Gasteiger partial charge in [0.05, 0.1) is 11.9 Å². The Hall–Kier alpha value is -1.14. The summed E-state index contributed by atoms with van der Waals surface area (Å²) in [6, 6.07) is -0.650. The average molecular weight is 202 g/mol. The van der Waals surface area contributed by atoms with Crippen LogP contribution in [0.25, 0.3) is 0 Å². The Balaban J connectivity index is 3.45. The first-order valence-corrected chi connectivity index (χ1v) is 4.54. The number of hydroxylamine groups is 1. The van der Waals surface area contributed by atoms with E-state index in [0.29, 0.717) is 18.8 Å². The zero-order valence-corrected chi connectivity index (χ0v) is 8.36. The van der Waals surface area contributed by atoms with Crippen LogP contribution in [0.4, 0.5) is 0 Å². The van der Waals surface area contributed by atoms with E-state index in [2.05, 4.69) is 4.99 Å². The molecule has 0 aliphatic heterocycles. The summed E-state index contributed by atoms with van der Waals surface area (Å²) in [6.07, 6.45) is 2.15. The molecule has 14 heavy (non-hydrogen) atoms. The molecule has 0 saturated heterocycles. The molecule has 1 unspecified atom stereocenters. The molecule has 6 N–H and O–H groups in total. The number of hydrogen-bond donors (Lipinski definition) is 4. The van der Waals surface area contributed by atoms with E-state index >= 15 is 0 Å². The van der Waals surface area contributed by atoms with E-state index in [1.807, 2.05) is 0 Å². The van der Waals surface area contributed by atoms with E-state index in [4.69, 9.17) is 16.7 Å². The van der Waals surface area contributed by atoms with Gasteiger partial charge in [0, 0.05) is 6.54 Å². The number of hydrogen-bond acceptors (Lipinski definition) is 4. The van der Waals surface area contributed by atoms with Crippen LogP contribution in [0.3, 0.4) is 0 Å². The maximum absolute atomic E-state index is 10.8. The second kappa shape index (κ2) is 7.28. The van der Waals surface area contributed by atoms with Crippen molar-refractivity contribution < 1.29 is 10.0 Å². The highest BCUT2D eigenvalue weighted by Gasteiger charge is 2.10. The van der Waals surface area contributed by atoms with Crippen molar-refractivity contribution in [2.75, 3.05) is 6.54 Å². The molecule has 0 fully saturated rings. The number of nitrogens with two attached hydrogens (primary N) is 2. The zero-order chi connectivity index (χ0) is 11.0. The lowest BCUT2D eigenvalue weighted by Crippen LogP contribution is -2.38. The van der Waals surface area contributed by atoms with Crippen molar-refractivity contribution in [3.05, 3.63) is 0 Å². The molecule has 0 aromatic carbocycles. The number of amidine groups is 1. The highest BCUT2D eigenvalue weighted by molar-refractivity contribution is 5.80.